The number of hydrogen-bond acceptors (Lipinski definition) is 3. The molecule has 0 fully saturated rings. The van der Waals surface area contributed by atoms with Gasteiger partial charge in [0.05, 0.1) is 22.7 Å². The molecule has 1 N–H and O–H groups in total. The molecule has 92 valence electrons. The standard InChI is InChI=1S/C13H13N3S2/c1-2-6-18-7-5-16-12-8-10(9-14)3-4-11(12)15-13(16)17/h2-4,8H,1,5-7H2,(H,15,17). The van der Waals surface area contributed by atoms with E-state index in [1.807, 2.05) is 34.5 Å². The van der Waals surface area contributed by atoms with Gasteiger partial charge in [-0.1, -0.05) is 6.08 Å². The monoisotopic (exact) mass is 275 g/mol. The van der Waals surface area contributed by atoms with Crippen molar-refractivity contribution in [1.29, 1.82) is 5.26 Å². The molecule has 5 heteroatoms. The summed E-state index contributed by atoms with van der Waals surface area (Å²) in [6, 6.07) is 7.72. The van der Waals surface area contributed by atoms with E-state index in [2.05, 4.69) is 17.6 Å². The summed E-state index contributed by atoms with van der Waals surface area (Å²) in [5.74, 6) is 1.92. The molecule has 0 aliphatic carbocycles. The Morgan fingerprint density at radius 3 is 3.11 bits per heavy atom. The summed E-state index contributed by atoms with van der Waals surface area (Å²) in [4.78, 5) is 3.16. The Morgan fingerprint density at radius 2 is 2.39 bits per heavy atom. The van der Waals surface area contributed by atoms with Gasteiger partial charge >= 0.3 is 0 Å². The first-order valence-electron chi connectivity index (χ1n) is 5.57. The van der Waals surface area contributed by atoms with Gasteiger partial charge in [0.15, 0.2) is 4.77 Å². The highest BCUT2D eigenvalue weighted by Gasteiger charge is 2.05. The summed E-state index contributed by atoms with van der Waals surface area (Å²) in [5, 5.41) is 8.93. The third-order valence-corrected chi connectivity index (χ3v) is 3.86. The third-order valence-electron chi connectivity index (χ3n) is 2.60. The minimum absolute atomic E-state index is 0.656. The Morgan fingerprint density at radius 1 is 1.56 bits per heavy atom. The molecule has 1 heterocycles. The molecule has 3 nitrogen and oxygen atoms in total. The number of thioether (sulfide) groups is 1. The topological polar surface area (TPSA) is 44.5 Å². The molecule has 18 heavy (non-hydrogen) atoms. The fourth-order valence-corrected chi connectivity index (χ4v) is 2.71. The first-order valence-corrected chi connectivity index (χ1v) is 7.14. The van der Waals surface area contributed by atoms with Crippen molar-refractivity contribution in [3.63, 3.8) is 0 Å². The SMILES string of the molecule is C=CCSCCn1c(=S)[nH]c2ccc(C#N)cc21. The Bertz CT molecular complexity index is 661. The van der Waals surface area contributed by atoms with Gasteiger partial charge in [0, 0.05) is 18.1 Å². The van der Waals surface area contributed by atoms with Crippen LogP contribution in [-0.2, 0) is 6.54 Å². The van der Waals surface area contributed by atoms with E-state index < -0.39 is 0 Å². The summed E-state index contributed by atoms with van der Waals surface area (Å²) in [6.07, 6.45) is 1.90. The van der Waals surface area contributed by atoms with Crippen LogP contribution in [0.2, 0.25) is 0 Å². The maximum Gasteiger partial charge on any atom is 0.178 e. The normalized spacial score (nSPS) is 10.4. The number of rotatable bonds is 5. The molecule has 2 rings (SSSR count). The van der Waals surface area contributed by atoms with Crippen LogP contribution in [0.15, 0.2) is 30.9 Å². The van der Waals surface area contributed by atoms with Gasteiger partial charge in [-0.25, -0.2) is 0 Å². The predicted molar refractivity (Wildman–Crippen MR) is 79.4 cm³/mol. The van der Waals surface area contributed by atoms with E-state index in [1.165, 1.54) is 0 Å². The number of imidazole rings is 1. The van der Waals surface area contributed by atoms with Gasteiger partial charge in [0.1, 0.15) is 0 Å². The molecule has 1 aromatic heterocycles. The van der Waals surface area contributed by atoms with Crippen molar-refractivity contribution in [2.24, 2.45) is 0 Å². The molecule has 0 amide bonds. The van der Waals surface area contributed by atoms with E-state index >= 15 is 0 Å². The summed E-state index contributed by atoms with van der Waals surface area (Å²) in [5.41, 5.74) is 2.63. The van der Waals surface area contributed by atoms with Crippen molar-refractivity contribution in [3.05, 3.63) is 41.2 Å². The first-order chi connectivity index (χ1) is 8.76. The second-order valence-corrected chi connectivity index (χ2v) is 5.33. The van der Waals surface area contributed by atoms with Crippen LogP contribution in [0.4, 0.5) is 0 Å². The number of nitriles is 1. The van der Waals surface area contributed by atoms with Crippen molar-refractivity contribution in [2.45, 2.75) is 6.54 Å². The molecular weight excluding hydrogens is 262 g/mol. The van der Waals surface area contributed by atoms with E-state index in [-0.39, 0.29) is 0 Å². The third kappa shape index (κ3) is 2.66. The molecule has 0 atom stereocenters. The van der Waals surface area contributed by atoms with Crippen LogP contribution >= 0.6 is 24.0 Å². The molecule has 0 spiro atoms. The summed E-state index contributed by atoms with van der Waals surface area (Å²) >= 11 is 7.12. The first kappa shape index (κ1) is 12.9. The maximum atomic E-state index is 8.93. The lowest BCUT2D eigenvalue weighted by Crippen LogP contribution is -2.00. The highest BCUT2D eigenvalue weighted by atomic mass is 32.2. The lowest BCUT2D eigenvalue weighted by Gasteiger charge is -2.03. The molecule has 0 saturated heterocycles. The van der Waals surface area contributed by atoms with Crippen LogP contribution < -0.4 is 0 Å². The molecular formula is C13H13N3S2. The summed E-state index contributed by atoms with van der Waals surface area (Å²) in [7, 11) is 0. The number of nitrogens with zero attached hydrogens (tertiary/aromatic N) is 2. The van der Waals surface area contributed by atoms with E-state index in [0.29, 0.717) is 10.3 Å². The minimum atomic E-state index is 0.656. The lowest BCUT2D eigenvalue weighted by molar-refractivity contribution is 0.783. The zero-order chi connectivity index (χ0) is 13.0. The van der Waals surface area contributed by atoms with Gasteiger partial charge in [-0.15, -0.1) is 6.58 Å². The van der Waals surface area contributed by atoms with Crippen LogP contribution in [0.5, 0.6) is 0 Å². The fourth-order valence-electron chi connectivity index (χ4n) is 1.77. The van der Waals surface area contributed by atoms with Gasteiger partial charge < -0.3 is 9.55 Å². The zero-order valence-electron chi connectivity index (χ0n) is 9.85. The maximum absolute atomic E-state index is 8.93. The molecule has 0 unspecified atom stereocenters. The van der Waals surface area contributed by atoms with Crippen LogP contribution in [0.25, 0.3) is 11.0 Å². The molecule has 0 bridgehead atoms. The van der Waals surface area contributed by atoms with E-state index in [0.717, 1.165) is 29.1 Å². The van der Waals surface area contributed by atoms with Gasteiger partial charge in [-0.3, -0.25) is 0 Å². The largest absolute Gasteiger partial charge is 0.331 e. The number of aromatic amines is 1. The Balaban J connectivity index is 2.31. The molecule has 0 aliphatic rings. The Labute approximate surface area is 115 Å². The van der Waals surface area contributed by atoms with Crippen LogP contribution in [0.3, 0.4) is 0 Å². The molecule has 0 radical (unpaired) electrons. The lowest BCUT2D eigenvalue weighted by atomic mass is 10.2. The number of aryl methyl sites for hydroxylation is 1. The molecule has 2 aromatic rings. The number of hydrogen-bond donors (Lipinski definition) is 1. The average Bonchev–Trinajstić information content (AvgIpc) is 2.70. The fraction of sp³-hybridized carbons (Fsp3) is 0.231. The number of H-pyrrole nitrogens is 1. The Kier molecular flexibility index (Phi) is 4.24. The predicted octanol–water partition coefficient (Wildman–Crippen LogP) is 3.49. The Hall–Kier alpha value is -1.51. The van der Waals surface area contributed by atoms with E-state index in [1.54, 1.807) is 6.07 Å². The number of nitrogens with one attached hydrogen (secondary N) is 1. The second-order valence-electron chi connectivity index (χ2n) is 3.79. The highest BCUT2D eigenvalue weighted by Crippen LogP contribution is 2.16. The zero-order valence-corrected chi connectivity index (χ0v) is 11.5. The molecule has 1 aromatic carbocycles. The van der Waals surface area contributed by atoms with E-state index in [4.69, 9.17) is 17.5 Å². The van der Waals surface area contributed by atoms with Crippen molar-refractivity contribution in [2.75, 3.05) is 11.5 Å². The van der Waals surface area contributed by atoms with Gasteiger partial charge in [-0.05, 0) is 30.4 Å². The van der Waals surface area contributed by atoms with Gasteiger partial charge in [0.2, 0.25) is 0 Å². The van der Waals surface area contributed by atoms with Gasteiger partial charge in [-0.2, -0.15) is 17.0 Å². The minimum Gasteiger partial charge on any atom is -0.331 e. The highest BCUT2D eigenvalue weighted by molar-refractivity contribution is 7.99. The van der Waals surface area contributed by atoms with Crippen molar-refractivity contribution in [3.8, 4) is 6.07 Å². The van der Waals surface area contributed by atoms with Gasteiger partial charge in [0.25, 0.3) is 0 Å². The smallest absolute Gasteiger partial charge is 0.178 e. The van der Waals surface area contributed by atoms with Crippen molar-refractivity contribution in [1.82, 2.24) is 9.55 Å². The number of fused-ring (bicyclic) bond motifs is 1. The molecule has 0 aliphatic heterocycles. The second kappa shape index (κ2) is 5.89. The summed E-state index contributed by atoms with van der Waals surface area (Å²) in [6.45, 7) is 4.53. The quantitative estimate of drug-likeness (QED) is 0.516. The van der Waals surface area contributed by atoms with Crippen LogP contribution in [0, 0.1) is 16.1 Å². The van der Waals surface area contributed by atoms with Crippen molar-refractivity contribution >= 4 is 35.0 Å². The summed E-state index contributed by atoms with van der Waals surface area (Å²) < 4.78 is 2.75. The van der Waals surface area contributed by atoms with Crippen molar-refractivity contribution < 1.29 is 0 Å². The number of aromatic nitrogens is 2. The number of benzene rings is 1. The van der Waals surface area contributed by atoms with E-state index in [9.17, 15) is 0 Å². The average molecular weight is 275 g/mol. The molecule has 0 saturated carbocycles. The van der Waals surface area contributed by atoms with Crippen LogP contribution in [0.1, 0.15) is 5.56 Å². The van der Waals surface area contributed by atoms with Crippen LogP contribution in [-0.4, -0.2) is 21.1 Å².